The molecule has 2 aromatic rings. The number of rotatable bonds is 6. The Hall–Kier alpha value is -2.28. The van der Waals surface area contributed by atoms with E-state index in [0.717, 1.165) is 28.1 Å². The lowest BCUT2D eigenvalue weighted by molar-refractivity contribution is 0.301. The van der Waals surface area contributed by atoms with Crippen molar-refractivity contribution in [2.24, 2.45) is 13.0 Å². The number of benzene rings is 1. The summed E-state index contributed by atoms with van der Waals surface area (Å²) >= 11 is 0. The molecule has 2 heterocycles. The van der Waals surface area contributed by atoms with Crippen LogP contribution in [0, 0.1) is 12.8 Å². The molecule has 1 aliphatic heterocycles. The molecule has 0 saturated heterocycles. The van der Waals surface area contributed by atoms with Crippen molar-refractivity contribution < 1.29 is 13.2 Å². The standard InChI is InChI=1S/C21H26N2O4S/c1-4-28(25,26)23-8-7-16-10-20(27-13-15-5-6-15)18(11-19(16)23)17-9-14(2)21(24)22(3)12-17/h9-12,15H,4-8,13H2,1-3H3. The number of ether oxygens (including phenoxy) is 1. The van der Waals surface area contributed by atoms with Crippen molar-refractivity contribution in [2.45, 2.75) is 33.1 Å². The van der Waals surface area contributed by atoms with Crippen LogP contribution >= 0.6 is 0 Å². The van der Waals surface area contributed by atoms with Crippen LogP contribution < -0.4 is 14.6 Å². The molecule has 6 nitrogen and oxygen atoms in total. The first-order valence-corrected chi connectivity index (χ1v) is 11.4. The molecule has 150 valence electrons. The van der Waals surface area contributed by atoms with Crippen molar-refractivity contribution in [3.63, 3.8) is 0 Å². The molecule has 2 aliphatic rings. The first-order chi connectivity index (χ1) is 13.3. The predicted octanol–water partition coefficient (Wildman–Crippen LogP) is 2.86. The highest BCUT2D eigenvalue weighted by Gasteiger charge is 2.30. The van der Waals surface area contributed by atoms with Crippen LogP contribution in [-0.2, 0) is 23.5 Å². The van der Waals surface area contributed by atoms with E-state index in [2.05, 4.69) is 0 Å². The zero-order valence-corrected chi connectivity index (χ0v) is 17.4. The third-order valence-electron chi connectivity index (χ3n) is 5.58. The van der Waals surface area contributed by atoms with Gasteiger partial charge in [-0.2, -0.15) is 0 Å². The summed E-state index contributed by atoms with van der Waals surface area (Å²) in [7, 11) is -1.60. The number of aromatic nitrogens is 1. The summed E-state index contributed by atoms with van der Waals surface area (Å²) in [5.41, 5.74) is 4.01. The van der Waals surface area contributed by atoms with Gasteiger partial charge in [0.05, 0.1) is 18.0 Å². The molecule has 1 aliphatic carbocycles. The molecule has 0 spiro atoms. The minimum atomic E-state index is -3.32. The van der Waals surface area contributed by atoms with E-state index >= 15 is 0 Å². The van der Waals surface area contributed by atoms with Crippen molar-refractivity contribution in [1.82, 2.24) is 4.57 Å². The Morgan fingerprint density at radius 1 is 1.21 bits per heavy atom. The van der Waals surface area contributed by atoms with E-state index < -0.39 is 10.0 Å². The van der Waals surface area contributed by atoms with Crippen LogP contribution in [-0.4, -0.2) is 31.9 Å². The second kappa shape index (κ2) is 6.95. The first kappa shape index (κ1) is 19.1. The third kappa shape index (κ3) is 3.43. The first-order valence-electron chi connectivity index (χ1n) is 9.78. The van der Waals surface area contributed by atoms with Crippen LogP contribution in [0.4, 0.5) is 5.69 Å². The van der Waals surface area contributed by atoms with Crippen molar-refractivity contribution in [3.8, 4) is 16.9 Å². The predicted molar refractivity (Wildman–Crippen MR) is 111 cm³/mol. The van der Waals surface area contributed by atoms with E-state index in [9.17, 15) is 13.2 Å². The largest absolute Gasteiger partial charge is 0.493 e. The van der Waals surface area contributed by atoms with E-state index in [0.29, 0.717) is 31.1 Å². The lowest BCUT2D eigenvalue weighted by Gasteiger charge is -2.21. The smallest absolute Gasteiger partial charge is 0.253 e. The fourth-order valence-corrected chi connectivity index (χ4v) is 4.84. The molecule has 0 unspecified atom stereocenters. The van der Waals surface area contributed by atoms with Gasteiger partial charge in [0, 0.05) is 36.5 Å². The van der Waals surface area contributed by atoms with E-state index in [1.807, 2.05) is 18.2 Å². The van der Waals surface area contributed by atoms with Crippen LogP contribution in [0.2, 0.25) is 0 Å². The summed E-state index contributed by atoms with van der Waals surface area (Å²) in [4.78, 5) is 12.1. The quantitative estimate of drug-likeness (QED) is 0.745. The van der Waals surface area contributed by atoms with Gasteiger partial charge in [-0.25, -0.2) is 8.42 Å². The topological polar surface area (TPSA) is 68.6 Å². The third-order valence-corrected chi connectivity index (χ3v) is 7.36. The van der Waals surface area contributed by atoms with Gasteiger partial charge < -0.3 is 9.30 Å². The van der Waals surface area contributed by atoms with Gasteiger partial charge in [-0.15, -0.1) is 0 Å². The maximum absolute atomic E-state index is 12.5. The molecule has 0 radical (unpaired) electrons. The normalized spacial score (nSPS) is 16.3. The number of hydrogen-bond donors (Lipinski definition) is 0. The van der Waals surface area contributed by atoms with Gasteiger partial charge in [0.1, 0.15) is 5.75 Å². The van der Waals surface area contributed by atoms with Crippen LogP contribution in [0.15, 0.2) is 29.2 Å². The van der Waals surface area contributed by atoms with Crippen molar-refractivity contribution in [2.75, 3.05) is 23.2 Å². The molecule has 4 rings (SSSR count). The van der Waals surface area contributed by atoms with Crippen molar-refractivity contribution >= 4 is 15.7 Å². The molecule has 0 N–H and O–H groups in total. The summed E-state index contributed by atoms with van der Waals surface area (Å²) in [5, 5.41) is 0. The molecule has 28 heavy (non-hydrogen) atoms. The maximum Gasteiger partial charge on any atom is 0.253 e. The Labute approximate surface area is 165 Å². The Morgan fingerprint density at radius 3 is 2.61 bits per heavy atom. The summed E-state index contributed by atoms with van der Waals surface area (Å²) in [5.74, 6) is 1.44. The number of aryl methyl sites for hydroxylation is 2. The van der Waals surface area contributed by atoms with Gasteiger partial charge in [-0.3, -0.25) is 9.10 Å². The molecule has 0 atom stereocenters. The fourth-order valence-electron chi connectivity index (χ4n) is 3.69. The molecule has 7 heteroatoms. The van der Waals surface area contributed by atoms with Crippen LogP contribution in [0.25, 0.3) is 11.1 Å². The van der Waals surface area contributed by atoms with Crippen LogP contribution in [0.1, 0.15) is 30.9 Å². The lowest BCUT2D eigenvalue weighted by atomic mass is 10.0. The molecule has 1 fully saturated rings. The van der Waals surface area contributed by atoms with Gasteiger partial charge in [0.2, 0.25) is 10.0 Å². The lowest BCUT2D eigenvalue weighted by Crippen LogP contribution is -2.30. The Morgan fingerprint density at radius 2 is 1.96 bits per heavy atom. The van der Waals surface area contributed by atoms with Gasteiger partial charge in [-0.05, 0) is 62.8 Å². The van der Waals surface area contributed by atoms with Gasteiger partial charge in [0.25, 0.3) is 5.56 Å². The number of nitrogens with zero attached hydrogens (tertiary/aromatic N) is 2. The summed E-state index contributed by atoms with van der Waals surface area (Å²) < 4.78 is 34.3. The maximum atomic E-state index is 12.5. The second-order valence-electron chi connectivity index (χ2n) is 7.78. The average Bonchev–Trinajstić information content (AvgIpc) is 3.40. The highest BCUT2D eigenvalue weighted by Crippen LogP contribution is 2.41. The van der Waals surface area contributed by atoms with Gasteiger partial charge >= 0.3 is 0 Å². The van der Waals surface area contributed by atoms with Gasteiger partial charge in [-0.1, -0.05) is 0 Å². The zero-order valence-electron chi connectivity index (χ0n) is 16.6. The molecule has 0 amide bonds. The van der Waals surface area contributed by atoms with E-state index in [4.69, 9.17) is 4.74 Å². The minimum absolute atomic E-state index is 0.0412. The second-order valence-corrected chi connectivity index (χ2v) is 9.96. The molecule has 1 saturated carbocycles. The molecular formula is C21H26N2O4S. The summed E-state index contributed by atoms with van der Waals surface area (Å²) in [6.07, 6.45) is 4.86. The number of hydrogen-bond acceptors (Lipinski definition) is 4. The zero-order chi connectivity index (χ0) is 20.1. The molecule has 0 bridgehead atoms. The highest BCUT2D eigenvalue weighted by molar-refractivity contribution is 7.92. The van der Waals surface area contributed by atoms with E-state index in [1.165, 1.54) is 17.1 Å². The van der Waals surface area contributed by atoms with Crippen LogP contribution in [0.5, 0.6) is 5.75 Å². The van der Waals surface area contributed by atoms with Crippen LogP contribution in [0.3, 0.4) is 0 Å². The minimum Gasteiger partial charge on any atom is -0.493 e. The van der Waals surface area contributed by atoms with Crippen molar-refractivity contribution in [1.29, 1.82) is 0 Å². The SMILES string of the molecule is CCS(=O)(=O)N1CCc2cc(OCC3CC3)c(-c3cc(C)c(=O)n(C)c3)cc21. The molecule has 1 aromatic carbocycles. The molecule has 1 aromatic heterocycles. The number of fused-ring (bicyclic) bond motifs is 1. The number of sulfonamides is 1. The fraction of sp³-hybridized carbons (Fsp3) is 0.476. The summed E-state index contributed by atoms with van der Waals surface area (Å²) in [6, 6.07) is 5.75. The van der Waals surface area contributed by atoms with E-state index in [-0.39, 0.29) is 11.3 Å². The van der Waals surface area contributed by atoms with Crippen molar-refractivity contribution in [3.05, 3.63) is 45.9 Å². The van der Waals surface area contributed by atoms with Gasteiger partial charge in [0.15, 0.2) is 0 Å². The Balaban J connectivity index is 1.85. The average molecular weight is 403 g/mol. The monoisotopic (exact) mass is 402 g/mol. The summed E-state index contributed by atoms with van der Waals surface area (Å²) in [6.45, 7) is 4.59. The van der Waals surface area contributed by atoms with E-state index in [1.54, 1.807) is 31.7 Å². The Kier molecular flexibility index (Phi) is 4.73. The number of anilines is 1. The Bertz CT molecular complexity index is 1060. The number of pyridine rings is 1. The molecular weight excluding hydrogens is 376 g/mol. The highest BCUT2D eigenvalue weighted by atomic mass is 32.2.